The van der Waals surface area contributed by atoms with E-state index in [-0.39, 0.29) is 22.2 Å². The largest absolute Gasteiger partial charge is 0.477 e. The van der Waals surface area contributed by atoms with Crippen molar-refractivity contribution >= 4 is 17.6 Å². The molecule has 0 aromatic carbocycles. The fourth-order valence-electron chi connectivity index (χ4n) is 2.07. The zero-order valence-electron chi connectivity index (χ0n) is 12.9. The third-order valence-corrected chi connectivity index (χ3v) is 3.64. The second kappa shape index (κ2) is 6.37. The molecule has 0 aliphatic heterocycles. The van der Waals surface area contributed by atoms with E-state index in [1.54, 1.807) is 6.07 Å². The fraction of sp³-hybridized carbons (Fsp3) is 0.231. The van der Waals surface area contributed by atoms with Gasteiger partial charge in [0.1, 0.15) is 6.04 Å². The van der Waals surface area contributed by atoms with Gasteiger partial charge in [-0.15, -0.1) is 10.2 Å². The van der Waals surface area contributed by atoms with E-state index in [9.17, 15) is 23.1 Å². The van der Waals surface area contributed by atoms with Crippen LogP contribution in [-0.2, 0) is 6.18 Å². The molecule has 3 aromatic heterocycles. The Kier molecular flexibility index (Phi) is 4.36. The molecule has 136 valence electrons. The van der Waals surface area contributed by atoms with Crippen LogP contribution < -0.4 is 0 Å². The first-order valence-electron chi connectivity index (χ1n) is 6.99. The van der Waals surface area contributed by atoms with Crippen LogP contribution in [0.4, 0.5) is 13.2 Å². The lowest BCUT2D eigenvalue weighted by Crippen LogP contribution is -2.14. The average Bonchev–Trinajstić information content (AvgIpc) is 3.22. The molecule has 3 rings (SSSR count). The Balaban J connectivity index is 2.04. The molecule has 1 unspecified atom stereocenters. The van der Waals surface area contributed by atoms with Crippen LogP contribution in [0, 0.1) is 0 Å². The molecular weight excluding hydrogens is 379 g/mol. The van der Waals surface area contributed by atoms with Crippen molar-refractivity contribution in [3.05, 3.63) is 46.6 Å². The van der Waals surface area contributed by atoms with Crippen LogP contribution in [0.25, 0.3) is 5.82 Å². The molecule has 0 spiro atoms. The van der Waals surface area contributed by atoms with Crippen molar-refractivity contribution in [1.29, 1.82) is 0 Å². The lowest BCUT2D eigenvalue weighted by atomic mass is 10.2. The van der Waals surface area contributed by atoms with Crippen molar-refractivity contribution in [3.8, 4) is 5.82 Å². The van der Waals surface area contributed by atoms with Crippen molar-refractivity contribution in [3.63, 3.8) is 0 Å². The van der Waals surface area contributed by atoms with Gasteiger partial charge in [0.25, 0.3) is 5.82 Å². The van der Waals surface area contributed by atoms with Crippen LogP contribution in [0.2, 0.25) is 5.02 Å². The first kappa shape index (κ1) is 17.8. The highest BCUT2D eigenvalue weighted by molar-refractivity contribution is 6.32. The van der Waals surface area contributed by atoms with Gasteiger partial charge in [0.05, 0.1) is 10.7 Å². The van der Waals surface area contributed by atoms with Gasteiger partial charge >= 0.3 is 12.1 Å². The molecule has 0 radical (unpaired) electrons. The number of carboxylic acid groups (broad SMARTS) is 1. The number of hydrogen-bond acceptors (Lipinski definition) is 6. The minimum Gasteiger partial charge on any atom is -0.477 e. The molecule has 0 saturated carbocycles. The van der Waals surface area contributed by atoms with Gasteiger partial charge in [-0.1, -0.05) is 11.6 Å². The highest BCUT2D eigenvalue weighted by Gasteiger charge is 2.37. The molecule has 3 heterocycles. The maximum absolute atomic E-state index is 12.6. The van der Waals surface area contributed by atoms with E-state index in [1.165, 1.54) is 25.3 Å². The Morgan fingerprint density at radius 3 is 2.65 bits per heavy atom. The molecule has 0 bridgehead atoms. The van der Waals surface area contributed by atoms with E-state index in [0.717, 1.165) is 4.68 Å². The van der Waals surface area contributed by atoms with Gasteiger partial charge in [-0.2, -0.15) is 23.1 Å². The summed E-state index contributed by atoms with van der Waals surface area (Å²) in [6.07, 6.45) is -3.35. The maximum atomic E-state index is 12.6. The second-order valence-electron chi connectivity index (χ2n) is 5.09. The van der Waals surface area contributed by atoms with Gasteiger partial charge in [-0.05, 0) is 30.3 Å². The minimum absolute atomic E-state index is 0.0625. The Labute approximate surface area is 148 Å². The minimum atomic E-state index is -4.75. The number of halogens is 4. The summed E-state index contributed by atoms with van der Waals surface area (Å²) in [5.41, 5.74) is -0.182. The molecular formula is C13H9ClF3N7O2. The van der Waals surface area contributed by atoms with Crippen LogP contribution in [0.5, 0.6) is 0 Å². The number of rotatable bonds is 4. The quantitative estimate of drug-likeness (QED) is 0.730. The summed E-state index contributed by atoms with van der Waals surface area (Å²) in [6.45, 7) is 1.44. The third-order valence-electron chi connectivity index (χ3n) is 3.34. The highest BCUT2D eigenvalue weighted by Crippen LogP contribution is 2.27. The van der Waals surface area contributed by atoms with Gasteiger partial charge in [-0.25, -0.2) is 14.5 Å². The van der Waals surface area contributed by atoms with Gasteiger partial charge in [0.2, 0.25) is 0 Å². The zero-order chi connectivity index (χ0) is 19.1. The Morgan fingerprint density at radius 2 is 2.08 bits per heavy atom. The van der Waals surface area contributed by atoms with E-state index in [2.05, 4.69) is 25.5 Å². The van der Waals surface area contributed by atoms with Gasteiger partial charge < -0.3 is 5.11 Å². The first-order valence-corrected chi connectivity index (χ1v) is 7.37. The zero-order valence-corrected chi connectivity index (χ0v) is 13.6. The Bertz CT molecular complexity index is 969. The van der Waals surface area contributed by atoms with Gasteiger partial charge in [0.15, 0.2) is 11.5 Å². The van der Waals surface area contributed by atoms with Gasteiger partial charge in [-0.3, -0.25) is 0 Å². The summed E-state index contributed by atoms with van der Waals surface area (Å²) in [5.74, 6) is -2.66. The maximum Gasteiger partial charge on any atom is 0.455 e. The summed E-state index contributed by atoms with van der Waals surface area (Å²) in [4.78, 5) is 16.2. The summed E-state index contributed by atoms with van der Waals surface area (Å²) in [6, 6.07) is 3.31. The number of carboxylic acids is 1. The summed E-state index contributed by atoms with van der Waals surface area (Å²) in [5, 5.41) is 23.2. The van der Waals surface area contributed by atoms with Crippen molar-refractivity contribution in [2.24, 2.45) is 0 Å². The number of aromatic carboxylic acids is 1. The number of nitrogens with zero attached hydrogens (tertiary/aromatic N) is 7. The van der Waals surface area contributed by atoms with Crippen molar-refractivity contribution in [2.45, 2.75) is 19.1 Å². The van der Waals surface area contributed by atoms with Crippen LogP contribution in [0.3, 0.4) is 0 Å². The molecule has 26 heavy (non-hydrogen) atoms. The van der Waals surface area contributed by atoms with E-state index < -0.39 is 24.0 Å². The smallest absolute Gasteiger partial charge is 0.455 e. The van der Waals surface area contributed by atoms with Crippen LogP contribution in [0.15, 0.2) is 24.4 Å². The SMILES string of the molecule is CC(c1cc(C(=O)O)n(-c2ncccc2Cl)n1)n1nnc(C(F)(F)F)n1. The second-order valence-corrected chi connectivity index (χ2v) is 5.49. The monoisotopic (exact) mass is 387 g/mol. The fourth-order valence-corrected chi connectivity index (χ4v) is 2.27. The number of carbonyl (C=O) groups is 1. The normalized spacial score (nSPS) is 13.0. The van der Waals surface area contributed by atoms with E-state index >= 15 is 0 Å². The number of aromatic nitrogens is 7. The molecule has 3 aromatic rings. The van der Waals surface area contributed by atoms with E-state index in [0.29, 0.717) is 4.80 Å². The molecule has 0 aliphatic carbocycles. The molecule has 0 amide bonds. The average molecular weight is 388 g/mol. The number of tetrazole rings is 1. The lowest BCUT2D eigenvalue weighted by Gasteiger charge is -2.07. The first-order chi connectivity index (χ1) is 12.2. The lowest BCUT2D eigenvalue weighted by molar-refractivity contribution is -0.145. The molecule has 1 N–H and O–H groups in total. The van der Waals surface area contributed by atoms with Crippen molar-refractivity contribution in [2.75, 3.05) is 0 Å². The van der Waals surface area contributed by atoms with E-state index in [4.69, 9.17) is 11.6 Å². The molecule has 0 aliphatic rings. The molecule has 0 saturated heterocycles. The van der Waals surface area contributed by atoms with Crippen molar-refractivity contribution < 1.29 is 23.1 Å². The van der Waals surface area contributed by atoms with Crippen molar-refractivity contribution in [1.82, 2.24) is 35.0 Å². The Morgan fingerprint density at radius 1 is 1.35 bits per heavy atom. The number of alkyl halides is 3. The highest BCUT2D eigenvalue weighted by atomic mass is 35.5. The van der Waals surface area contributed by atoms with Gasteiger partial charge in [0, 0.05) is 6.20 Å². The standard InChI is InChI=1S/C13H9ClF3N7O2/c1-6(24-21-12(19-22-24)13(15,16)17)8-5-9(11(25)26)23(20-8)10-7(14)3-2-4-18-10/h2-6H,1H3,(H,25,26). The molecule has 9 nitrogen and oxygen atoms in total. The van der Waals surface area contributed by atoms with E-state index in [1.807, 2.05) is 0 Å². The van der Waals surface area contributed by atoms with Crippen LogP contribution >= 0.6 is 11.6 Å². The summed E-state index contributed by atoms with van der Waals surface area (Å²) >= 11 is 6.01. The Hall–Kier alpha value is -3.02. The number of pyridine rings is 1. The molecule has 1 atom stereocenters. The van der Waals surface area contributed by atoms with Crippen LogP contribution in [0.1, 0.15) is 35.0 Å². The summed E-state index contributed by atoms with van der Waals surface area (Å²) < 4.78 is 38.8. The third kappa shape index (κ3) is 3.22. The molecule has 13 heteroatoms. The summed E-state index contributed by atoms with van der Waals surface area (Å²) in [7, 11) is 0. The predicted octanol–water partition coefficient (Wildman–Crippen LogP) is 2.23. The predicted molar refractivity (Wildman–Crippen MR) is 80.0 cm³/mol. The molecule has 0 fully saturated rings. The topological polar surface area (TPSA) is 112 Å². The van der Waals surface area contributed by atoms with Crippen LogP contribution in [-0.4, -0.2) is 46.0 Å². The number of hydrogen-bond donors (Lipinski definition) is 1.